The number of hydrogen-bond acceptors (Lipinski definition) is 7. The Morgan fingerprint density at radius 2 is 1.68 bits per heavy atom. The summed E-state index contributed by atoms with van der Waals surface area (Å²) in [6.45, 7) is 4.38. The summed E-state index contributed by atoms with van der Waals surface area (Å²) in [4.78, 5) is 24.6. The number of carbonyl (C=O) groups is 2. The highest BCUT2D eigenvalue weighted by atomic mass is 19.4. The molecule has 0 saturated heterocycles. The first-order valence-corrected chi connectivity index (χ1v) is 10.9. The van der Waals surface area contributed by atoms with Gasteiger partial charge in [0, 0.05) is 45.4 Å². The Balaban J connectivity index is 0.000000286. The summed E-state index contributed by atoms with van der Waals surface area (Å²) in [6, 6.07) is 6.07. The molecule has 1 fully saturated rings. The van der Waals surface area contributed by atoms with Crippen molar-refractivity contribution >= 4 is 11.9 Å². The second kappa shape index (κ2) is 12.8. The van der Waals surface area contributed by atoms with E-state index in [1.165, 1.54) is 18.5 Å². The molecular weight excluding hydrogens is 516 g/mol. The molecule has 1 saturated carbocycles. The number of fused-ring (bicyclic) bond motifs is 1. The van der Waals surface area contributed by atoms with E-state index in [2.05, 4.69) is 30.9 Å². The minimum Gasteiger partial charge on any atom is -0.475 e. The molecule has 2 N–H and O–H groups in total. The van der Waals surface area contributed by atoms with Crippen LogP contribution in [0.2, 0.25) is 0 Å². The van der Waals surface area contributed by atoms with Crippen molar-refractivity contribution in [3.63, 3.8) is 0 Å². The third-order valence-electron chi connectivity index (χ3n) is 5.18. The fraction of sp³-hybridized carbons (Fsp3) is 0.571. The van der Waals surface area contributed by atoms with Gasteiger partial charge in [-0.25, -0.2) is 14.3 Å². The van der Waals surface area contributed by atoms with Crippen LogP contribution < -0.4 is 0 Å². The van der Waals surface area contributed by atoms with Gasteiger partial charge in [0.1, 0.15) is 5.69 Å². The van der Waals surface area contributed by atoms with Crippen LogP contribution in [0.5, 0.6) is 0 Å². The van der Waals surface area contributed by atoms with Crippen LogP contribution in [0.25, 0.3) is 0 Å². The summed E-state index contributed by atoms with van der Waals surface area (Å²) >= 11 is 0. The van der Waals surface area contributed by atoms with Gasteiger partial charge in [0.2, 0.25) is 0 Å². The fourth-order valence-electron chi connectivity index (χ4n) is 3.44. The molecule has 1 aliphatic heterocycles. The minimum atomic E-state index is -5.08. The molecule has 37 heavy (non-hydrogen) atoms. The largest absolute Gasteiger partial charge is 0.490 e. The van der Waals surface area contributed by atoms with Crippen molar-refractivity contribution in [1.29, 1.82) is 0 Å². The predicted octanol–water partition coefficient (Wildman–Crippen LogP) is 3.10. The van der Waals surface area contributed by atoms with Crippen LogP contribution in [-0.2, 0) is 34.0 Å². The van der Waals surface area contributed by atoms with E-state index < -0.39 is 24.3 Å². The topological polar surface area (TPSA) is 131 Å². The highest BCUT2D eigenvalue weighted by Crippen LogP contribution is 2.34. The van der Waals surface area contributed by atoms with Gasteiger partial charge in [0.25, 0.3) is 0 Å². The van der Waals surface area contributed by atoms with E-state index in [0.29, 0.717) is 12.5 Å². The quantitative estimate of drug-likeness (QED) is 0.530. The summed E-state index contributed by atoms with van der Waals surface area (Å²) in [5.41, 5.74) is 3.49. The monoisotopic (exact) mass is 541 g/mol. The molecule has 10 nitrogen and oxygen atoms in total. The standard InChI is InChI=1S/C17H23N5O.2C2HF3O2/c1-23-12-14-9-21(10-15-4-2-3-7-18-15)11-16-17(14)22(20-19-16)8-13-5-6-13;2*3-2(4,5)1(6)7/h2-4,7,13-14H,5-6,8-12H2,1H3;2*(H,6,7). The van der Waals surface area contributed by atoms with Crippen LogP contribution in [0.15, 0.2) is 24.4 Å². The van der Waals surface area contributed by atoms with Crippen molar-refractivity contribution in [2.75, 3.05) is 20.3 Å². The maximum Gasteiger partial charge on any atom is 0.490 e. The molecule has 1 unspecified atom stereocenters. The van der Waals surface area contributed by atoms with Crippen molar-refractivity contribution in [1.82, 2.24) is 24.9 Å². The Bertz CT molecular complexity index is 1000. The molecule has 2 aromatic rings. The van der Waals surface area contributed by atoms with Crippen LogP contribution in [0.3, 0.4) is 0 Å². The van der Waals surface area contributed by atoms with E-state index >= 15 is 0 Å². The molecule has 2 aliphatic rings. The molecule has 4 rings (SSSR count). The van der Waals surface area contributed by atoms with Crippen molar-refractivity contribution < 1.29 is 50.9 Å². The van der Waals surface area contributed by atoms with Gasteiger partial charge >= 0.3 is 24.3 Å². The third kappa shape index (κ3) is 9.95. The lowest BCUT2D eigenvalue weighted by Crippen LogP contribution is -2.36. The summed E-state index contributed by atoms with van der Waals surface area (Å²) in [5, 5.41) is 23.1. The molecule has 0 aromatic carbocycles. The molecule has 1 atom stereocenters. The van der Waals surface area contributed by atoms with E-state index in [-0.39, 0.29) is 0 Å². The van der Waals surface area contributed by atoms with Crippen LogP contribution in [-0.4, -0.2) is 79.6 Å². The first-order valence-electron chi connectivity index (χ1n) is 10.9. The van der Waals surface area contributed by atoms with E-state index in [0.717, 1.165) is 43.5 Å². The van der Waals surface area contributed by atoms with Gasteiger partial charge in [-0.05, 0) is 30.9 Å². The average Bonchev–Trinajstić information content (AvgIpc) is 3.52. The maximum atomic E-state index is 10.6. The predicted molar refractivity (Wildman–Crippen MR) is 113 cm³/mol. The second-order valence-electron chi connectivity index (χ2n) is 8.30. The molecule has 3 heterocycles. The van der Waals surface area contributed by atoms with E-state index in [1.54, 1.807) is 7.11 Å². The first-order chi connectivity index (χ1) is 17.2. The smallest absolute Gasteiger partial charge is 0.475 e. The summed E-state index contributed by atoms with van der Waals surface area (Å²) in [7, 11) is 1.77. The molecule has 0 bridgehead atoms. The van der Waals surface area contributed by atoms with Gasteiger partial charge in [-0.2, -0.15) is 26.3 Å². The van der Waals surface area contributed by atoms with Gasteiger partial charge in [-0.15, -0.1) is 5.10 Å². The molecule has 2 aromatic heterocycles. The van der Waals surface area contributed by atoms with Crippen LogP contribution in [0.4, 0.5) is 26.3 Å². The van der Waals surface area contributed by atoms with Crippen LogP contribution >= 0.6 is 0 Å². The third-order valence-corrected chi connectivity index (χ3v) is 5.18. The summed E-state index contributed by atoms with van der Waals surface area (Å²) in [6.07, 6.45) is -5.66. The number of ether oxygens (including phenoxy) is 1. The normalized spacial score (nSPS) is 17.5. The molecule has 0 spiro atoms. The van der Waals surface area contributed by atoms with Crippen molar-refractivity contribution in [3.05, 3.63) is 41.5 Å². The number of pyridine rings is 1. The maximum absolute atomic E-state index is 10.6. The van der Waals surface area contributed by atoms with Crippen molar-refractivity contribution in [3.8, 4) is 0 Å². The summed E-state index contributed by atoms with van der Waals surface area (Å²) < 4.78 is 71.1. The van der Waals surface area contributed by atoms with E-state index in [1.807, 2.05) is 18.3 Å². The van der Waals surface area contributed by atoms with E-state index in [4.69, 9.17) is 24.5 Å². The van der Waals surface area contributed by atoms with E-state index in [9.17, 15) is 26.3 Å². The van der Waals surface area contributed by atoms with Gasteiger partial charge in [-0.3, -0.25) is 9.88 Å². The number of aliphatic carboxylic acids is 2. The highest BCUT2D eigenvalue weighted by Gasteiger charge is 2.39. The number of carboxylic acid groups (broad SMARTS) is 2. The number of alkyl halides is 6. The molecule has 0 radical (unpaired) electrons. The Morgan fingerprint density at radius 3 is 2.14 bits per heavy atom. The number of nitrogens with zero attached hydrogens (tertiary/aromatic N) is 5. The Labute approximate surface area is 206 Å². The van der Waals surface area contributed by atoms with Gasteiger partial charge < -0.3 is 14.9 Å². The number of hydrogen-bond donors (Lipinski definition) is 2. The van der Waals surface area contributed by atoms with Crippen molar-refractivity contribution in [2.45, 2.75) is 50.7 Å². The molecule has 206 valence electrons. The number of aromatic nitrogens is 4. The Kier molecular flexibility index (Phi) is 10.4. The average molecular weight is 541 g/mol. The minimum absolute atomic E-state index is 0.334. The molecular formula is C21H25F6N5O5. The van der Waals surface area contributed by atoms with Crippen LogP contribution in [0, 0.1) is 5.92 Å². The zero-order valence-corrected chi connectivity index (χ0v) is 19.5. The molecule has 16 heteroatoms. The lowest BCUT2D eigenvalue weighted by atomic mass is 9.98. The first kappa shape index (κ1) is 30.0. The Morgan fingerprint density at radius 1 is 1.08 bits per heavy atom. The molecule has 0 amide bonds. The zero-order chi connectivity index (χ0) is 27.8. The summed E-state index contributed by atoms with van der Waals surface area (Å²) in [5.74, 6) is -4.38. The number of halogens is 6. The lowest BCUT2D eigenvalue weighted by Gasteiger charge is -2.32. The second-order valence-corrected chi connectivity index (χ2v) is 8.30. The lowest BCUT2D eigenvalue weighted by molar-refractivity contribution is -0.193. The van der Waals surface area contributed by atoms with Gasteiger partial charge in [0.05, 0.1) is 18.0 Å². The number of carboxylic acids is 2. The fourth-order valence-corrected chi connectivity index (χ4v) is 3.44. The highest BCUT2D eigenvalue weighted by molar-refractivity contribution is 5.73. The number of rotatable bonds is 6. The Hall–Kier alpha value is -3.27. The van der Waals surface area contributed by atoms with Gasteiger partial charge in [-0.1, -0.05) is 11.3 Å². The zero-order valence-electron chi connectivity index (χ0n) is 19.5. The van der Waals surface area contributed by atoms with Gasteiger partial charge in [0.15, 0.2) is 0 Å². The van der Waals surface area contributed by atoms with Crippen molar-refractivity contribution in [2.24, 2.45) is 5.92 Å². The molecule has 1 aliphatic carbocycles. The van der Waals surface area contributed by atoms with Crippen LogP contribution in [0.1, 0.15) is 35.8 Å². The SMILES string of the molecule is COCC1CN(Cc2ccccn2)Cc2nnn(CC3CC3)c21.O=C(O)C(F)(F)F.O=C(O)C(F)(F)F. The number of methoxy groups -OCH3 is 1.